The van der Waals surface area contributed by atoms with Crippen LogP contribution in [0.5, 0.6) is 0 Å². The van der Waals surface area contributed by atoms with Crippen LogP contribution in [0.25, 0.3) is 6.08 Å². The van der Waals surface area contributed by atoms with Crippen LogP contribution in [0.2, 0.25) is 0 Å². The third kappa shape index (κ3) is 3.53. The maximum atomic E-state index is 12.8. The minimum absolute atomic E-state index is 0.111. The Morgan fingerprint density at radius 2 is 1.86 bits per heavy atom. The summed E-state index contributed by atoms with van der Waals surface area (Å²) in [5.41, 5.74) is 4.78. The van der Waals surface area contributed by atoms with Gasteiger partial charge in [-0.05, 0) is 61.1 Å². The van der Waals surface area contributed by atoms with Crippen molar-refractivity contribution in [2.75, 3.05) is 11.9 Å². The van der Waals surface area contributed by atoms with Crippen molar-refractivity contribution in [2.24, 2.45) is 0 Å². The number of amides is 3. The van der Waals surface area contributed by atoms with E-state index in [9.17, 15) is 9.59 Å². The molecule has 0 spiro atoms. The van der Waals surface area contributed by atoms with Crippen molar-refractivity contribution < 1.29 is 9.59 Å². The maximum absolute atomic E-state index is 12.8. The van der Waals surface area contributed by atoms with Crippen molar-refractivity contribution in [1.29, 1.82) is 0 Å². The van der Waals surface area contributed by atoms with Gasteiger partial charge in [-0.2, -0.15) is 0 Å². The zero-order chi connectivity index (χ0) is 20.8. The Labute approximate surface area is 172 Å². The molecule has 4 rings (SSSR count). The highest BCUT2D eigenvalue weighted by Crippen LogP contribution is 2.42. The first kappa shape index (κ1) is 19.2. The second kappa shape index (κ2) is 7.07. The molecule has 5 heteroatoms. The van der Waals surface area contributed by atoms with Crippen LogP contribution < -0.4 is 10.2 Å². The molecule has 2 aliphatic rings. The van der Waals surface area contributed by atoms with Crippen LogP contribution >= 0.6 is 0 Å². The van der Waals surface area contributed by atoms with Gasteiger partial charge in [0.15, 0.2) is 0 Å². The lowest BCUT2D eigenvalue weighted by Crippen LogP contribution is -2.45. The summed E-state index contributed by atoms with van der Waals surface area (Å²) < 4.78 is 0. The lowest BCUT2D eigenvalue weighted by Gasteiger charge is -2.45. The molecule has 2 aromatic rings. The zero-order valence-electron chi connectivity index (χ0n) is 17.4. The number of imide groups is 1. The number of benzene rings is 2. The van der Waals surface area contributed by atoms with Gasteiger partial charge in [-0.25, -0.2) is 4.79 Å². The molecule has 150 valence electrons. The number of anilines is 1. The van der Waals surface area contributed by atoms with E-state index in [1.54, 1.807) is 6.08 Å². The highest BCUT2D eigenvalue weighted by Gasteiger charge is 2.35. The van der Waals surface area contributed by atoms with Crippen molar-refractivity contribution in [2.45, 2.75) is 45.2 Å². The van der Waals surface area contributed by atoms with Gasteiger partial charge in [-0.1, -0.05) is 43.3 Å². The predicted octanol–water partition coefficient (Wildman–Crippen LogP) is 4.50. The lowest BCUT2D eigenvalue weighted by atomic mass is 9.80. The number of hydrogen-bond donors (Lipinski definition) is 1. The van der Waals surface area contributed by atoms with E-state index in [2.05, 4.69) is 50.2 Å². The summed E-state index contributed by atoms with van der Waals surface area (Å²) in [5.74, 6) is 0.140. The molecule has 5 nitrogen and oxygen atoms in total. The monoisotopic (exact) mass is 389 g/mol. The molecule has 0 saturated carbocycles. The molecule has 1 atom stereocenters. The summed E-state index contributed by atoms with van der Waals surface area (Å²) in [7, 11) is 2.13. The Balaban J connectivity index is 1.60. The average molecular weight is 389 g/mol. The molecule has 1 saturated heterocycles. The lowest BCUT2D eigenvalue weighted by molar-refractivity contribution is -0.123. The van der Waals surface area contributed by atoms with E-state index in [-0.39, 0.29) is 24.0 Å². The number of fused-ring (bicyclic) bond motifs is 1. The van der Waals surface area contributed by atoms with E-state index in [4.69, 9.17) is 0 Å². The molecule has 1 N–H and O–H groups in total. The first-order valence-electron chi connectivity index (χ1n) is 10.0. The van der Waals surface area contributed by atoms with Gasteiger partial charge in [0.25, 0.3) is 5.91 Å². The Kier molecular flexibility index (Phi) is 4.69. The fourth-order valence-corrected chi connectivity index (χ4v) is 4.33. The SMILES string of the molecule is C[C@@H]1CC(C)(C)N(C)c2ccc(/C=C3\NC(=O)N(Cc4ccccc4)C3=O)cc21. The van der Waals surface area contributed by atoms with Crippen molar-refractivity contribution in [1.82, 2.24) is 10.2 Å². The van der Waals surface area contributed by atoms with Gasteiger partial charge in [-0.3, -0.25) is 9.69 Å². The molecule has 0 bridgehead atoms. The molecular weight excluding hydrogens is 362 g/mol. The first-order chi connectivity index (χ1) is 13.8. The number of carbonyl (C=O) groups excluding carboxylic acids is 2. The van der Waals surface area contributed by atoms with Crippen molar-refractivity contribution >= 4 is 23.7 Å². The van der Waals surface area contributed by atoms with E-state index in [0.29, 0.717) is 11.6 Å². The highest BCUT2D eigenvalue weighted by molar-refractivity contribution is 6.13. The third-order valence-electron chi connectivity index (χ3n) is 6.11. The predicted molar refractivity (Wildman–Crippen MR) is 115 cm³/mol. The number of rotatable bonds is 3. The van der Waals surface area contributed by atoms with Gasteiger partial charge >= 0.3 is 6.03 Å². The normalized spacial score (nSPS) is 22.1. The molecule has 0 radical (unpaired) electrons. The molecule has 0 aliphatic carbocycles. The minimum atomic E-state index is -0.377. The number of carbonyl (C=O) groups is 2. The summed E-state index contributed by atoms with van der Waals surface area (Å²) in [4.78, 5) is 28.7. The van der Waals surface area contributed by atoms with Gasteiger partial charge in [0, 0.05) is 18.3 Å². The number of hydrogen-bond acceptors (Lipinski definition) is 3. The van der Waals surface area contributed by atoms with Gasteiger partial charge in [0.1, 0.15) is 5.70 Å². The van der Waals surface area contributed by atoms with Crippen LogP contribution in [0.3, 0.4) is 0 Å². The second-order valence-electron chi connectivity index (χ2n) is 8.66. The van der Waals surface area contributed by atoms with Gasteiger partial charge in [-0.15, -0.1) is 0 Å². The molecule has 29 heavy (non-hydrogen) atoms. The van der Waals surface area contributed by atoms with E-state index in [1.165, 1.54) is 16.2 Å². The molecule has 1 fully saturated rings. The molecule has 0 unspecified atom stereocenters. The Morgan fingerprint density at radius 3 is 2.59 bits per heavy atom. The van der Waals surface area contributed by atoms with Crippen LogP contribution in [0.1, 0.15) is 49.8 Å². The molecule has 0 aromatic heterocycles. The van der Waals surface area contributed by atoms with Crippen molar-refractivity contribution in [3.8, 4) is 0 Å². The van der Waals surface area contributed by atoms with Gasteiger partial charge < -0.3 is 10.2 Å². The Morgan fingerprint density at radius 1 is 1.14 bits per heavy atom. The average Bonchev–Trinajstić information content (AvgIpc) is 2.94. The maximum Gasteiger partial charge on any atom is 0.329 e. The Bertz CT molecular complexity index is 994. The standard InChI is InChI=1S/C24H27N3O2/c1-16-14-24(2,3)26(4)21-11-10-18(12-19(16)21)13-20-22(28)27(23(29)25-20)15-17-8-6-5-7-9-17/h5-13,16H,14-15H2,1-4H3,(H,25,29)/b20-13-/t16-/m1/s1. The van der Waals surface area contributed by atoms with Crippen molar-refractivity contribution in [3.05, 3.63) is 70.9 Å². The van der Waals surface area contributed by atoms with Crippen LogP contribution in [0.15, 0.2) is 54.2 Å². The highest BCUT2D eigenvalue weighted by atomic mass is 16.2. The van der Waals surface area contributed by atoms with E-state index >= 15 is 0 Å². The van der Waals surface area contributed by atoms with Gasteiger partial charge in [0.2, 0.25) is 0 Å². The summed E-state index contributed by atoms with van der Waals surface area (Å²) in [5, 5.41) is 2.72. The molecule has 2 aliphatic heterocycles. The molecule has 2 aromatic carbocycles. The number of nitrogens with one attached hydrogen (secondary N) is 1. The van der Waals surface area contributed by atoms with E-state index in [0.717, 1.165) is 17.5 Å². The largest absolute Gasteiger partial charge is 0.369 e. The van der Waals surface area contributed by atoms with Crippen LogP contribution in [0.4, 0.5) is 10.5 Å². The second-order valence-corrected chi connectivity index (χ2v) is 8.66. The topological polar surface area (TPSA) is 52.7 Å². The number of nitrogens with zero attached hydrogens (tertiary/aromatic N) is 2. The first-order valence-corrected chi connectivity index (χ1v) is 10.0. The van der Waals surface area contributed by atoms with Crippen LogP contribution in [-0.2, 0) is 11.3 Å². The zero-order valence-corrected chi connectivity index (χ0v) is 17.4. The minimum Gasteiger partial charge on any atom is -0.369 e. The Hall–Kier alpha value is -3.08. The fraction of sp³-hybridized carbons (Fsp3) is 0.333. The van der Waals surface area contributed by atoms with Crippen LogP contribution in [-0.4, -0.2) is 29.4 Å². The summed E-state index contributed by atoms with van der Waals surface area (Å²) in [6.07, 6.45) is 2.84. The fourth-order valence-electron chi connectivity index (χ4n) is 4.33. The van der Waals surface area contributed by atoms with E-state index in [1.807, 2.05) is 36.4 Å². The van der Waals surface area contributed by atoms with Crippen LogP contribution in [0, 0.1) is 0 Å². The quantitative estimate of drug-likeness (QED) is 0.621. The summed E-state index contributed by atoms with van der Waals surface area (Å²) >= 11 is 0. The molecule has 3 amide bonds. The smallest absolute Gasteiger partial charge is 0.329 e. The third-order valence-corrected chi connectivity index (χ3v) is 6.11. The molecular formula is C24H27N3O2. The van der Waals surface area contributed by atoms with Gasteiger partial charge in [0.05, 0.1) is 6.54 Å². The summed E-state index contributed by atoms with van der Waals surface area (Å²) in [6, 6.07) is 15.4. The molecule has 2 heterocycles. The van der Waals surface area contributed by atoms with E-state index < -0.39 is 0 Å². The number of urea groups is 1. The van der Waals surface area contributed by atoms with Crippen molar-refractivity contribution in [3.63, 3.8) is 0 Å². The summed E-state index contributed by atoms with van der Waals surface area (Å²) in [6.45, 7) is 7.03.